The van der Waals surface area contributed by atoms with Crippen molar-refractivity contribution in [2.24, 2.45) is 23.3 Å². The molecule has 9 atom stereocenters. The number of nitrogens with one attached hydrogen (secondary N) is 6. The first kappa shape index (κ1) is 60.3. The first-order valence-corrected chi connectivity index (χ1v) is 26.0. The van der Waals surface area contributed by atoms with Crippen LogP contribution in [0.3, 0.4) is 0 Å². The van der Waals surface area contributed by atoms with Crippen LogP contribution in [-0.4, -0.2) is 152 Å². The van der Waals surface area contributed by atoms with Crippen molar-refractivity contribution in [3.63, 3.8) is 0 Å². The number of unbranched alkanes of at least 4 members (excludes halogenated alkanes) is 1. The van der Waals surface area contributed by atoms with Gasteiger partial charge in [-0.25, -0.2) is 4.79 Å². The first-order chi connectivity index (χ1) is 34.0. The van der Waals surface area contributed by atoms with Gasteiger partial charge in [0.25, 0.3) is 0 Å². The smallest absolute Gasteiger partial charge is 0.326 e. The van der Waals surface area contributed by atoms with E-state index in [0.29, 0.717) is 49.1 Å². The minimum absolute atomic E-state index is 0.0257. The van der Waals surface area contributed by atoms with Gasteiger partial charge in [0.15, 0.2) is 0 Å². The molecule has 1 heterocycles. The lowest BCUT2D eigenvalue weighted by atomic mass is 10.00. The Labute approximate surface area is 426 Å². The fraction of sp³-hybridized carbons (Fsp3) is 0.600. The molecule has 0 spiro atoms. The third-order valence-electron chi connectivity index (χ3n) is 12.1. The topological polar surface area (TPSA) is 345 Å². The van der Waals surface area contributed by atoms with E-state index in [2.05, 4.69) is 31.9 Å². The van der Waals surface area contributed by atoms with Crippen LogP contribution in [0.15, 0.2) is 48.5 Å². The van der Waals surface area contributed by atoms with Gasteiger partial charge in [0, 0.05) is 19.4 Å². The van der Waals surface area contributed by atoms with Crippen LogP contribution in [0.5, 0.6) is 11.5 Å². The summed E-state index contributed by atoms with van der Waals surface area (Å²) in [6.07, 6.45) is 2.31. The quantitative estimate of drug-likeness (QED) is 0.0476. The summed E-state index contributed by atoms with van der Waals surface area (Å²) in [6.45, 7) is 9.10. The molecule has 0 aliphatic carbocycles. The molecule has 7 amide bonds. The van der Waals surface area contributed by atoms with Crippen LogP contribution < -0.4 is 43.4 Å². The van der Waals surface area contributed by atoms with E-state index in [4.69, 9.17) is 11.5 Å². The van der Waals surface area contributed by atoms with E-state index in [1.54, 1.807) is 26.0 Å². The number of phenols is 2. The molecular formula is C50H77N9O12S. The highest BCUT2D eigenvalue weighted by Gasteiger charge is 2.41. The van der Waals surface area contributed by atoms with Gasteiger partial charge in [0.2, 0.25) is 41.4 Å². The number of aliphatic hydroxyl groups is 1. The summed E-state index contributed by atoms with van der Waals surface area (Å²) < 4.78 is 0. The third kappa shape index (κ3) is 19.9. The summed E-state index contributed by atoms with van der Waals surface area (Å²) in [4.78, 5) is 111. The van der Waals surface area contributed by atoms with E-state index in [1.807, 2.05) is 20.1 Å². The van der Waals surface area contributed by atoms with E-state index in [-0.39, 0.29) is 68.4 Å². The number of carbonyl (C=O) groups is 8. The molecule has 1 saturated heterocycles. The zero-order valence-corrected chi connectivity index (χ0v) is 43.0. The van der Waals surface area contributed by atoms with E-state index < -0.39 is 102 Å². The Morgan fingerprint density at radius 1 is 0.653 bits per heavy atom. The number of benzene rings is 2. The Morgan fingerprint density at radius 3 is 1.68 bits per heavy atom. The fourth-order valence-electron chi connectivity index (χ4n) is 8.23. The van der Waals surface area contributed by atoms with E-state index in [0.717, 1.165) is 0 Å². The minimum Gasteiger partial charge on any atom is -0.508 e. The average molecular weight is 1030 g/mol. The summed E-state index contributed by atoms with van der Waals surface area (Å²) in [7, 11) is 0. The van der Waals surface area contributed by atoms with Crippen LogP contribution in [0.2, 0.25) is 0 Å². The second kappa shape index (κ2) is 30.2. The van der Waals surface area contributed by atoms with Crippen molar-refractivity contribution in [2.75, 3.05) is 25.1 Å². The second-order valence-electron chi connectivity index (χ2n) is 19.2. The zero-order valence-electron chi connectivity index (χ0n) is 42.2. The van der Waals surface area contributed by atoms with Crippen LogP contribution >= 0.6 is 11.8 Å². The number of aliphatic hydroxyl groups excluding tert-OH is 1. The molecular weight excluding hydrogens is 951 g/mol. The van der Waals surface area contributed by atoms with E-state index in [9.17, 15) is 58.8 Å². The standard InChI is InChI=1S/C50H77N9O12S/c1-28(2)24-35(52)43(63)53-36(20-23-72-6)44(64)57-40(27-32-14-18-34(62)19-15-32)49(69)59-22-9-11-41(59)47(67)58-42(30(5)60)48(68)56-39(26-31-12-16-33(61)17-13-31)46(66)55-38(25-29(3)4)45(65)54-37(50(70)71)10-7-8-21-51/h12-19,28-30,35-42,60-62H,7-11,20-27,51-52H2,1-6H3,(H,53,63)(H,54,65)(H,55,66)(H,56,68)(H,57,64)(H,58,67)(H,70,71). The van der Waals surface area contributed by atoms with Crippen molar-refractivity contribution in [3.05, 3.63) is 59.7 Å². The van der Waals surface area contributed by atoms with Crippen LogP contribution in [0.1, 0.15) is 97.1 Å². The molecule has 0 aromatic heterocycles. The maximum absolute atomic E-state index is 14.6. The van der Waals surface area contributed by atoms with Crippen LogP contribution in [0, 0.1) is 11.8 Å². The Balaban J connectivity index is 1.90. The number of carboxylic acid groups (broad SMARTS) is 1. The number of rotatable bonds is 30. The third-order valence-corrected chi connectivity index (χ3v) is 12.8. The predicted octanol–water partition coefficient (Wildman–Crippen LogP) is 0.550. The average Bonchev–Trinajstić information content (AvgIpc) is 3.82. The highest BCUT2D eigenvalue weighted by molar-refractivity contribution is 7.98. The molecule has 2 aromatic carbocycles. The van der Waals surface area contributed by atoms with Gasteiger partial charge in [-0.1, -0.05) is 52.0 Å². The minimum atomic E-state index is -1.68. The SMILES string of the molecule is CSCCC(NC(=O)C(N)CC(C)C)C(=O)NC(Cc1ccc(O)cc1)C(=O)N1CCCC1C(=O)NC(C(=O)NC(Cc1ccc(O)cc1)C(=O)NC(CC(C)C)C(=O)NC(CCCCN)C(=O)O)C(C)O. The summed E-state index contributed by atoms with van der Waals surface area (Å²) >= 11 is 1.46. The number of hydrogen-bond donors (Lipinski definition) is 12. The molecule has 1 aliphatic heterocycles. The Bertz CT molecular complexity index is 2110. The van der Waals surface area contributed by atoms with Crippen molar-refractivity contribution in [2.45, 2.75) is 153 Å². The fourth-order valence-corrected chi connectivity index (χ4v) is 8.70. The van der Waals surface area contributed by atoms with Crippen molar-refractivity contribution >= 4 is 59.1 Å². The highest BCUT2D eigenvalue weighted by atomic mass is 32.2. The molecule has 21 nitrogen and oxygen atoms in total. The van der Waals surface area contributed by atoms with Gasteiger partial charge in [-0.15, -0.1) is 0 Å². The molecule has 22 heteroatoms. The summed E-state index contributed by atoms with van der Waals surface area (Å²) in [5.74, 6) is -6.13. The van der Waals surface area contributed by atoms with Gasteiger partial charge in [-0.3, -0.25) is 33.6 Å². The molecule has 14 N–H and O–H groups in total. The number of nitrogens with zero attached hydrogens (tertiary/aromatic N) is 1. The number of carbonyl (C=O) groups excluding carboxylic acids is 7. The Morgan fingerprint density at radius 2 is 1.15 bits per heavy atom. The normalized spacial score (nSPS) is 16.8. The molecule has 0 bridgehead atoms. The molecule has 400 valence electrons. The number of aromatic hydroxyl groups is 2. The van der Waals surface area contributed by atoms with Crippen molar-refractivity contribution < 1.29 is 58.8 Å². The van der Waals surface area contributed by atoms with Crippen LogP contribution in [-0.2, 0) is 51.2 Å². The second-order valence-corrected chi connectivity index (χ2v) is 20.2. The largest absolute Gasteiger partial charge is 0.508 e. The number of thioether (sulfide) groups is 1. The van der Waals surface area contributed by atoms with Gasteiger partial charge < -0.3 is 68.7 Å². The predicted molar refractivity (Wildman–Crippen MR) is 272 cm³/mol. The number of likely N-dealkylation sites (tertiary alicyclic amines) is 1. The van der Waals surface area contributed by atoms with Crippen LogP contribution in [0.25, 0.3) is 0 Å². The van der Waals surface area contributed by atoms with Gasteiger partial charge in [0.05, 0.1) is 12.1 Å². The lowest BCUT2D eigenvalue weighted by molar-refractivity contribution is -0.143. The van der Waals surface area contributed by atoms with Crippen molar-refractivity contribution in [1.29, 1.82) is 0 Å². The van der Waals surface area contributed by atoms with Gasteiger partial charge in [-0.2, -0.15) is 11.8 Å². The van der Waals surface area contributed by atoms with Crippen LogP contribution in [0.4, 0.5) is 0 Å². The van der Waals surface area contributed by atoms with Gasteiger partial charge >= 0.3 is 5.97 Å². The maximum atomic E-state index is 14.6. The maximum Gasteiger partial charge on any atom is 0.326 e. The lowest BCUT2D eigenvalue weighted by Gasteiger charge is -2.31. The molecule has 3 rings (SSSR count). The summed E-state index contributed by atoms with van der Waals surface area (Å²) in [5.41, 5.74) is 12.7. The first-order valence-electron chi connectivity index (χ1n) is 24.6. The Kier molecular flexibility index (Phi) is 25.3. The lowest BCUT2D eigenvalue weighted by Crippen LogP contribution is -2.62. The van der Waals surface area contributed by atoms with Crippen molar-refractivity contribution in [3.8, 4) is 11.5 Å². The van der Waals surface area contributed by atoms with Gasteiger partial charge in [-0.05, 0) is 124 Å². The molecule has 9 unspecified atom stereocenters. The molecule has 1 fully saturated rings. The van der Waals surface area contributed by atoms with Crippen molar-refractivity contribution in [1.82, 2.24) is 36.8 Å². The van der Waals surface area contributed by atoms with E-state index in [1.165, 1.54) is 60.0 Å². The monoisotopic (exact) mass is 1030 g/mol. The number of hydrogen-bond acceptors (Lipinski definition) is 14. The molecule has 0 saturated carbocycles. The van der Waals surface area contributed by atoms with Gasteiger partial charge in [0.1, 0.15) is 53.8 Å². The number of nitrogens with two attached hydrogens (primary N) is 2. The number of aliphatic carboxylic acids is 1. The zero-order chi connectivity index (χ0) is 53.7. The molecule has 2 aromatic rings. The number of amides is 7. The highest BCUT2D eigenvalue weighted by Crippen LogP contribution is 2.22. The molecule has 72 heavy (non-hydrogen) atoms. The molecule has 0 radical (unpaired) electrons. The number of phenolic OH excluding ortho intramolecular Hbond substituents is 2. The van der Waals surface area contributed by atoms with E-state index >= 15 is 0 Å². The Hall–Kier alpha value is -5.97. The summed E-state index contributed by atoms with van der Waals surface area (Å²) in [5, 5.41) is 56.5. The number of carboxylic acids is 1. The summed E-state index contributed by atoms with van der Waals surface area (Å²) in [6, 6.07) is 1.79. The molecule has 1 aliphatic rings.